The highest BCUT2D eigenvalue weighted by atomic mass is 16.6. The molecular formula is C32H33N10O6+. The van der Waals surface area contributed by atoms with Crippen LogP contribution in [-0.4, -0.2) is 62.9 Å². The molecule has 1 aliphatic rings. The van der Waals surface area contributed by atoms with Crippen LogP contribution >= 0.6 is 0 Å². The average Bonchev–Trinajstić information content (AvgIpc) is 3.35. The number of phenolic OH excluding ortho intramolecular Hbond substituents is 1. The van der Waals surface area contributed by atoms with Crippen LogP contribution < -0.4 is 15.1 Å². The fourth-order valence-corrected chi connectivity index (χ4v) is 4.98. The predicted molar refractivity (Wildman–Crippen MR) is 176 cm³/mol. The fraction of sp³-hybridized carbons (Fsp3) is 0.250. The number of aromatic nitrogens is 2. The van der Waals surface area contributed by atoms with E-state index in [-0.39, 0.29) is 40.8 Å². The Bertz CT molecular complexity index is 2010. The van der Waals surface area contributed by atoms with Crippen LogP contribution in [0, 0.1) is 17.0 Å². The number of pyridine rings is 2. The fourth-order valence-electron chi connectivity index (χ4n) is 4.98. The van der Waals surface area contributed by atoms with Gasteiger partial charge in [-0.25, -0.2) is 0 Å². The molecule has 0 aliphatic carbocycles. The molecular weight excluding hydrogens is 620 g/mol. The van der Waals surface area contributed by atoms with Crippen LogP contribution in [0.5, 0.6) is 11.6 Å². The van der Waals surface area contributed by atoms with Gasteiger partial charge in [0.15, 0.2) is 24.1 Å². The van der Waals surface area contributed by atoms with E-state index in [4.69, 9.17) is 0 Å². The molecule has 5 rings (SSSR count). The first-order valence-corrected chi connectivity index (χ1v) is 14.8. The van der Waals surface area contributed by atoms with Crippen molar-refractivity contribution in [1.29, 1.82) is 0 Å². The summed E-state index contributed by atoms with van der Waals surface area (Å²) < 4.78 is 2.99. The summed E-state index contributed by atoms with van der Waals surface area (Å²) in [4.78, 5) is 39.1. The summed E-state index contributed by atoms with van der Waals surface area (Å²) in [5, 5.41) is 54.2. The maximum Gasteiger partial charge on any atom is 0.326 e. The number of azo groups is 2. The van der Waals surface area contributed by atoms with Crippen LogP contribution in [0.2, 0.25) is 0 Å². The van der Waals surface area contributed by atoms with E-state index in [0.717, 1.165) is 23.2 Å². The molecule has 1 aliphatic heterocycles. The van der Waals surface area contributed by atoms with Crippen LogP contribution in [0.25, 0.3) is 5.69 Å². The Balaban J connectivity index is 1.38. The third-order valence-corrected chi connectivity index (χ3v) is 7.49. The number of non-ortho nitro benzene ring substituents is 1. The molecule has 2 aromatic heterocycles. The number of anilines is 1. The van der Waals surface area contributed by atoms with Crippen molar-refractivity contribution in [1.82, 2.24) is 9.47 Å². The molecule has 246 valence electrons. The lowest BCUT2D eigenvalue weighted by molar-refractivity contribution is -0.597. The highest BCUT2D eigenvalue weighted by Crippen LogP contribution is 2.34. The number of hydrazone groups is 1. The maximum absolute atomic E-state index is 13.5. The smallest absolute Gasteiger partial charge is 0.326 e. The van der Waals surface area contributed by atoms with Crippen LogP contribution in [0.1, 0.15) is 18.9 Å². The van der Waals surface area contributed by atoms with E-state index >= 15 is 0 Å². The molecule has 0 bridgehead atoms. The van der Waals surface area contributed by atoms with E-state index in [9.17, 15) is 29.9 Å². The van der Waals surface area contributed by atoms with Gasteiger partial charge in [-0.3, -0.25) is 24.3 Å². The zero-order valence-electron chi connectivity index (χ0n) is 26.6. The molecule has 16 nitrogen and oxygen atoms in total. The number of hydrogen-bond donors (Lipinski definition) is 2. The Kier molecular flexibility index (Phi) is 9.75. The first kappa shape index (κ1) is 33.2. The van der Waals surface area contributed by atoms with E-state index < -0.39 is 16.9 Å². The minimum Gasteiger partial charge on any atom is -0.506 e. The van der Waals surface area contributed by atoms with Gasteiger partial charge in [0.2, 0.25) is 5.88 Å². The van der Waals surface area contributed by atoms with Crippen LogP contribution in [0.3, 0.4) is 0 Å². The monoisotopic (exact) mass is 653 g/mol. The predicted octanol–water partition coefficient (Wildman–Crippen LogP) is 4.99. The van der Waals surface area contributed by atoms with Gasteiger partial charge in [0.05, 0.1) is 27.6 Å². The highest BCUT2D eigenvalue weighted by Gasteiger charge is 2.35. The zero-order valence-corrected chi connectivity index (χ0v) is 26.6. The Hall–Kier alpha value is -6.16. The number of aromatic hydroxyl groups is 2. The van der Waals surface area contributed by atoms with Crippen molar-refractivity contribution in [3.05, 3.63) is 99.1 Å². The number of nitro benzene ring substituents is 1. The van der Waals surface area contributed by atoms with Crippen molar-refractivity contribution < 1.29 is 24.5 Å². The number of carbonyl (C=O) groups excluding carboxylic acids is 1. The van der Waals surface area contributed by atoms with E-state index in [1.165, 1.54) is 4.57 Å². The van der Waals surface area contributed by atoms with Gasteiger partial charge in [0.25, 0.3) is 17.3 Å². The number of phenols is 1. The molecule has 1 atom stereocenters. The summed E-state index contributed by atoms with van der Waals surface area (Å²) in [5.74, 6) is -1.13. The molecule has 0 saturated carbocycles. The molecule has 0 spiro atoms. The molecule has 2 aromatic carbocycles. The van der Waals surface area contributed by atoms with Crippen molar-refractivity contribution in [2.24, 2.45) is 25.6 Å². The normalized spacial score (nSPS) is 14.9. The molecule has 4 aromatic rings. The number of benzene rings is 2. The largest absolute Gasteiger partial charge is 0.506 e. The van der Waals surface area contributed by atoms with Gasteiger partial charge < -0.3 is 15.1 Å². The minimum atomic E-state index is -1.10. The van der Waals surface area contributed by atoms with Crippen molar-refractivity contribution in [3.63, 3.8) is 0 Å². The van der Waals surface area contributed by atoms with E-state index in [1.807, 2.05) is 25.1 Å². The Labute approximate surface area is 274 Å². The lowest BCUT2D eigenvalue weighted by Gasteiger charge is -2.14. The summed E-state index contributed by atoms with van der Waals surface area (Å²) >= 11 is 0. The van der Waals surface area contributed by atoms with Gasteiger partial charge in [-0.05, 0) is 71.2 Å². The molecule has 0 radical (unpaired) electrons. The number of nitrogens with zero attached hydrogens (tertiary/aromatic N) is 10. The first-order chi connectivity index (χ1) is 23.0. The van der Waals surface area contributed by atoms with Gasteiger partial charge in [0, 0.05) is 30.8 Å². The second kappa shape index (κ2) is 14.1. The number of carbonyl (C=O) groups is 1. The van der Waals surface area contributed by atoms with Gasteiger partial charge in [-0.15, -0.1) is 5.11 Å². The summed E-state index contributed by atoms with van der Waals surface area (Å²) in [6.07, 6.45) is 4.12. The summed E-state index contributed by atoms with van der Waals surface area (Å²) in [6.45, 7) is 4.28. The van der Waals surface area contributed by atoms with E-state index in [0.29, 0.717) is 41.3 Å². The Morgan fingerprint density at radius 2 is 1.71 bits per heavy atom. The Morgan fingerprint density at radius 1 is 1.00 bits per heavy atom. The average molecular weight is 654 g/mol. The lowest BCUT2D eigenvalue weighted by atomic mass is 10.2. The molecule has 1 amide bonds. The van der Waals surface area contributed by atoms with Crippen molar-refractivity contribution in [3.8, 4) is 17.3 Å². The number of rotatable bonds is 11. The molecule has 0 fully saturated rings. The van der Waals surface area contributed by atoms with Gasteiger partial charge >= 0.3 is 5.56 Å². The number of hydrogen-bond acceptors (Lipinski definition) is 12. The summed E-state index contributed by atoms with van der Waals surface area (Å²) in [7, 11) is 3.86. The van der Waals surface area contributed by atoms with E-state index in [1.54, 1.807) is 67.2 Å². The SMILES string of the molecule is CC1=NN(c2ccc(N=Nc3c(C)c(-[n+]4ccccc4)c(=O)n(CCCN(C)C)c3O)cc2)C(=O)C1N=Nc1cc([N+](=O)[O-])ccc1O. The maximum atomic E-state index is 13.5. The van der Waals surface area contributed by atoms with Gasteiger partial charge in [0.1, 0.15) is 11.4 Å². The third kappa shape index (κ3) is 6.97. The van der Waals surface area contributed by atoms with Crippen molar-refractivity contribution in [2.45, 2.75) is 32.9 Å². The zero-order chi connectivity index (χ0) is 34.5. The molecule has 3 heterocycles. The quantitative estimate of drug-likeness (QED) is 0.0984. The second-order valence-electron chi connectivity index (χ2n) is 11.2. The van der Waals surface area contributed by atoms with E-state index in [2.05, 4.69) is 25.6 Å². The molecule has 48 heavy (non-hydrogen) atoms. The molecule has 2 N–H and O–H groups in total. The standard InChI is InChI=1S/C32H32N10O6/c1-20-27(30(44)40(18-8-15-38(3)4)32(46)29(20)39-16-6-5-7-17-39)35-33-22-9-11-23(12-10-22)41-31(45)28(21(2)37-41)36-34-25-19-24(42(47)48)13-14-26(25)43/h5-7,9-14,16-17,19,28H,8,15,18H2,1-4H3,(H-,33,36,43,44,46)/p+1. The number of nitro groups is 1. The van der Waals surface area contributed by atoms with Gasteiger partial charge in [-0.1, -0.05) is 6.07 Å². The van der Waals surface area contributed by atoms with Crippen molar-refractivity contribution >= 4 is 40.1 Å². The summed E-state index contributed by atoms with van der Waals surface area (Å²) in [5.41, 5.74) is 1.29. The van der Waals surface area contributed by atoms with Crippen LogP contribution in [0.4, 0.5) is 28.4 Å². The highest BCUT2D eigenvalue weighted by molar-refractivity contribution is 6.18. The topological polar surface area (TPSA) is 195 Å². The summed E-state index contributed by atoms with van der Waals surface area (Å²) in [6, 6.07) is 14.1. The number of amides is 1. The molecule has 1 unspecified atom stereocenters. The molecule has 0 saturated heterocycles. The lowest BCUT2D eigenvalue weighted by Crippen LogP contribution is -2.40. The van der Waals surface area contributed by atoms with Crippen LogP contribution in [-0.2, 0) is 11.3 Å². The molecule has 16 heteroatoms. The Morgan fingerprint density at radius 3 is 2.38 bits per heavy atom. The third-order valence-electron chi connectivity index (χ3n) is 7.49. The second-order valence-corrected chi connectivity index (χ2v) is 11.2. The first-order valence-electron chi connectivity index (χ1n) is 14.8. The van der Waals surface area contributed by atoms with Gasteiger partial charge in [-0.2, -0.15) is 30.0 Å². The minimum absolute atomic E-state index is 0.146. The van der Waals surface area contributed by atoms with Crippen LogP contribution in [0.15, 0.2) is 103 Å². The van der Waals surface area contributed by atoms with Crippen molar-refractivity contribution in [2.75, 3.05) is 25.6 Å².